The van der Waals surface area contributed by atoms with Crippen molar-refractivity contribution in [2.75, 3.05) is 5.73 Å². The van der Waals surface area contributed by atoms with E-state index in [0.717, 1.165) is 5.56 Å². The van der Waals surface area contributed by atoms with E-state index in [2.05, 4.69) is 4.98 Å². The molecule has 1 aromatic heterocycles. The van der Waals surface area contributed by atoms with E-state index in [1.807, 2.05) is 13.0 Å². The summed E-state index contributed by atoms with van der Waals surface area (Å²) in [6, 6.07) is 3.58. The highest BCUT2D eigenvalue weighted by Crippen LogP contribution is 2.26. The van der Waals surface area contributed by atoms with Gasteiger partial charge in [0.05, 0.1) is 16.8 Å². The molecular formula is C10H10N2O2. The van der Waals surface area contributed by atoms with E-state index in [0.29, 0.717) is 16.6 Å². The van der Waals surface area contributed by atoms with E-state index < -0.39 is 5.97 Å². The molecule has 0 unspecified atom stereocenters. The lowest BCUT2D eigenvalue weighted by Crippen LogP contribution is -1.95. The fourth-order valence-electron chi connectivity index (χ4n) is 1.61. The molecule has 0 saturated carbocycles. The number of H-pyrrole nitrogens is 1. The molecule has 0 fully saturated rings. The number of fused-ring (bicyclic) bond motifs is 1. The van der Waals surface area contributed by atoms with Crippen molar-refractivity contribution >= 4 is 22.6 Å². The van der Waals surface area contributed by atoms with Gasteiger partial charge >= 0.3 is 5.97 Å². The molecule has 2 rings (SSSR count). The topological polar surface area (TPSA) is 79.1 Å². The Morgan fingerprint density at radius 1 is 1.50 bits per heavy atom. The van der Waals surface area contributed by atoms with Crippen LogP contribution in [-0.2, 0) is 0 Å². The summed E-state index contributed by atoms with van der Waals surface area (Å²) in [5, 5.41) is 9.62. The summed E-state index contributed by atoms with van der Waals surface area (Å²) in [6.07, 6.45) is 1.47. The second-order valence-corrected chi connectivity index (χ2v) is 3.23. The van der Waals surface area contributed by atoms with Gasteiger partial charge in [0.15, 0.2) is 0 Å². The summed E-state index contributed by atoms with van der Waals surface area (Å²) in [6.45, 7) is 1.86. The van der Waals surface area contributed by atoms with Crippen molar-refractivity contribution in [2.24, 2.45) is 0 Å². The largest absolute Gasteiger partial charge is 0.478 e. The predicted octanol–water partition coefficient (Wildman–Crippen LogP) is 1.76. The highest BCUT2D eigenvalue weighted by Gasteiger charge is 2.13. The van der Waals surface area contributed by atoms with Gasteiger partial charge in [0.1, 0.15) is 0 Å². The van der Waals surface area contributed by atoms with Crippen molar-refractivity contribution < 1.29 is 9.90 Å². The van der Waals surface area contributed by atoms with Gasteiger partial charge in [-0.05, 0) is 18.6 Å². The third-order valence-electron chi connectivity index (χ3n) is 2.31. The first-order valence-electron chi connectivity index (χ1n) is 4.20. The second-order valence-electron chi connectivity index (χ2n) is 3.23. The Morgan fingerprint density at radius 2 is 2.21 bits per heavy atom. The summed E-state index contributed by atoms with van der Waals surface area (Å²) in [5.41, 5.74) is 8.16. The average Bonchev–Trinajstić information content (AvgIpc) is 2.56. The number of aromatic amines is 1. The Labute approximate surface area is 80.3 Å². The van der Waals surface area contributed by atoms with Crippen LogP contribution in [0, 0.1) is 6.92 Å². The summed E-state index contributed by atoms with van der Waals surface area (Å²) in [4.78, 5) is 13.8. The van der Waals surface area contributed by atoms with Crippen molar-refractivity contribution in [3.63, 3.8) is 0 Å². The minimum atomic E-state index is -0.940. The van der Waals surface area contributed by atoms with Crippen LogP contribution in [0.5, 0.6) is 0 Å². The zero-order chi connectivity index (χ0) is 10.3. The number of aromatic nitrogens is 1. The maximum atomic E-state index is 10.9. The number of nitrogens with one attached hydrogen (secondary N) is 1. The van der Waals surface area contributed by atoms with Gasteiger partial charge in [-0.2, -0.15) is 0 Å². The van der Waals surface area contributed by atoms with Crippen molar-refractivity contribution in [3.05, 3.63) is 29.5 Å². The van der Waals surface area contributed by atoms with E-state index in [1.54, 1.807) is 6.07 Å². The number of rotatable bonds is 1. The van der Waals surface area contributed by atoms with Crippen LogP contribution in [0.3, 0.4) is 0 Å². The standard InChI is InChI=1S/C10H10N2O2/c1-5-2-3-7(11)9-8(5)6(4-12-9)10(13)14/h2-4,12H,11H2,1H3,(H,13,14). The van der Waals surface area contributed by atoms with Gasteiger partial charge in [0.25, 0.3) is 0 Å². The van der Waals surface area contributed by atoms with E-state index in [1.165, 1.54) is 6.20 Å². The Morgan fingerprint density at radius 3 is 2.86 bits per heavy atom. The third kappa shape index (κ3) is 1.04. The molecule has 72 valence electrons. The number of nitrogen functional groups attached to an aromatic ring is 1. The Hall–Kier alpha value is -1.97. The molecule has 4 N–H and O–H groups in total. The Balaban J connectivity index is 2.90. The van der Waals surface area contributed by atoms with Crippen LogP contribution in [0.4, 0.5) is 5.69 Å². The molecule has 0 bridgehead atoms. The molecule has 14 heavy (non-hydrogen) atoms. The molecule has 4 nitrogen and oxygen atoms in total. The molecule has 0 spiro atoms. The van der Waals surface area contributed by atoms with Gasteiger partial charge in [-0.25, -0.2) is 4.79 Å². The van der Waals surface area contributed by atoms with Crippen LogP contribution in [0.2, 0.25) is 0 Å². The first-order chi connectivity index (χ1) is 6.61. The molecule has 0 amide bonds. The molecule has 0 saturated heterocycles. The minimum absolute atomic E-state index is 0.268. The lowest BCUT2D eigenvalue weighted by atomic mass is 10.1. The number of hydrogen-bond acceptors (Lipinski definition) is 2. The van der Waals surface area contributed by atoms with E-state index in [-0.39, 0.29) is 5.56 Å². The number of carbonyl (C=O) groups is 1. The zero-order valence-electron chi connectivity index (χ0n) is 7.66. The van der Waals surface area contributed by atoms with Crippen LogP contribution in [-0.4, -0.2) is 16.1 Å². The highest BCUT2D eigenvalue weighted by molar-refractivity contribution is 6.07. The number of hydrogen-bond donors (Lipinski definition) is 3. The quantitative estimate of drug-likeness (QED) is 0.599. The third-order valence-corrected chi connectivity index (χ3v) is 2.31. The number of aryl methyl sites for hydroxylation is 1. The maximum absolute atomic E-state index is 10.9. The SMILES string of the molecule is Cc1ccc(N)c2[nH]cc(C(=O)O)c12. The van der Waals surface area contributed by atoms with Crippen molar-refractivity contribution in [2.45, 2.75) is 6.92 Å². The monoisotopic (exact) mass is 190 g/mol. The fraction of sp³-hybridized carbons (Fsp3) is 0.100. The van der Waals surface area contributed by atoms with Crippen molar-refractivity contribution in [1.29, 1.82) is 0 Å². The predicted molar refractivity (Wildman–Crippen MR) is 54.4 cm³/mol. The highest BCUT2D eigenvalue weighted by atomic mass is 16.4. The normalized spacial score (nSPS) is 10.6. The summed E-state index contributed by atoms with van der Waals surface area (Å²) in [5.74, 6) is -0.940. The molecule has 1 aromatic carbocycles. The van der Waals surface area contributed by atoms with Crippen molar-refractivity contribution in [3.8, 4) is 0 Å². The van der Waals surface area contributed by atoms with Gasteiger partial charge in [0.2, 0.25) is 0 Å². The molecular weight excluding hydrogens is 180 g/mol. The fourth-order valence-corrected chi connectivity index (χ4v) is 1.61. The maximum Gasteiger partial charge on any atom is 0.337 e. The van der Waals surface area contributed by atoms with Crippen LogP contribution in [0.1, 0.15) is 15.9 Å². The first kappa shape index (κ1) is 8.62. The number of benzene rings is 1. The number of anilines is 1. The lowest BCUT2D eigenvalue weighted by molar-refractivity contribution is 0.0699. The summed E-state index contributed by atoms with van der Waals surface area (Å²) < 4.78 is 0. The molecule has 0 aliphatic heterocycles. The van der Waals surface area contributed by atoms with Gasteiger partial charge in [-0.15, -0.1) is 0 Å². The molecule has 1 heterocycles. The molecule has 4 heteroatoms. The lowest BCUT2D eigenvalue weighted by Gasteiger charge is -2.00. The van der Waals surface area contributed by atoms with Crippen LogP contribution < -0.4 is 5.73 Å². The summed E-state index contributed by atoms with van der Waals surface area (Å²) >= 11 is 0. The second kappa shape index (κ2) is 2.77. The first-order valence-corrected chi connectivity index (χ1v) is 4.20. The van der Waals surface area contributed by atoms with Crippen molar-refractivity contribution in [1.82, 2.24) is 4.98 Å². The van der Waals surface area contributed by atoms with Gasteiger partial charge in [-0.1, -0.05) is 6.07 Å². The van der Waals surface area contributed by atoms with Crippen LogP contribution >= 0.6 is 0 Å². The summed E-state index contributed by atoms with van der Waals surface area (Å²) in [7, 11) is 0. The molecule has 0 aliphatic rings. The Kier molecular flexibility index (Phi) is 1.70. The minimum Gasteiger partial charge on any atom is -0.478 e. The Bertz CT molecular complexity index is 514. The molecule has 0 aliphatic carbocycles. The molecule has 0 atom stereocenters. The number of aromatic carboxylic acids is 1. The number of nitrogens with two attached hydrogens (primary N) is 1. The van der Waals surface area contributed by atoms with E-state index >= 15 is 0 Å². The zero-order valence-corrected chi connectivity index (χ0v) is 7.66. The van der Waals surface area contributed by atoms with Crippen LogP contribution in [0.15, 0.2) is 18.3 Å². The van der Waals surface area contributed by atoms with E-state index in [9.17, 15) is 4.79 Å². The number of carboxylic acids is 1. The van der Waals surface area contributed by atoms with Gasteiger partial charge in [-0.3, -0.25) is 0 Å². The smallest absolute Gasteiger partial charge is 0.337 e. The number of carboxylic acid groups (broad SMARTS) is 1. The van der Waals surface area contributed by atoms with Crippen LogP contribution in [0.25, 0.3) is 10.9 Å². The molecule has 0 radical (unpaired) electrons. The van der Waals surface area contributed by atoms with Gasteiger partial charge < -0.3 is 15.8 Å². The molecule has 2 aromatic rings. The van der Waals surface area contributed by atoms with E-state index in [4.69, 9.17) is 10.8 Å². The average molecular weight is 190 g/mol. The van der Waals surface area contributed by atoms with Gasteiger partial charge in [0, 0.05) is 11.6 Å².